The lowest BCUT2D eigenvalue weighted by Gasteiger charge is -2.09. The molecule has 0 aliphatic rings. The second-order valence-corrected chi connectivity index (χ2v) is 5.81. The second-order valence-electron chi connectivity index (χ2n) is 3.69. The molecule has 0 radical (unpaired) electrons. The highest BCUT2D eigenvalue weighted by Gasteiger charge is 2.17. The molecule has 0 amide bonds. The van der Waals surface area contributed by atoms with Gasteiger partial charge < -0.3 is 0 Å². The minimum absolute atomic E-state index is 0.179. The molecule has 0 heterocycles. The molecule has 0 aliphatic carbocycles. The number of rotatable bonds is 3. The summed E-state index contributed by atoms with van der Waals surface area (Å²) in [5.74, 6) is -1.47. The largest absolute Gasteiger partial charge is 0.277 e. The van der Waals surface area contributed by atoms with Crippen LogP contribution in [0.3, 0.4) is 0 Å². The SMILES string of the molecule is O=S(=O)(Nc1cc(Cl)ccc1F)c1cccc(F)c1. The average molecular weight is 304 g/mol. The standard InChI is InChI=1S/C12H8ClF2NO2S/c13-8-4-5-11(15)12(6-8)16-19(17,18)10-3-1-2-9(14)7-10/h1-7,16H. The maximum Gasteiger partial charge on any atom is 0.262 e. The van der Waals surface area contributed by atoms with Gasteiger partial charge in [0.1, 0.15) is 11.6 Å². The van der Waals surface area contributed by atoms with E-state index in [-0.39, 0.29) is 15.6 Å². The molecule has 19 heavy (non-hydrogen) atoms. The van der Waals surface area contributed by atoms with Crippen molar-refractivity contribution in [2.75, 3.05) is 4.72 Å². The quantitative estimate of drug-likeness (QED) is 0.944. The number of hydrogen-bond donors (Lipinski definition) is 1. The summed E-state index contributed by atoms with van der Waals surface area (Å²) >= 11 is 5.66. The normalized spacial score (nSPS) is 11.3. The highest BCUT2D eigenvalue weighted by molar-refractivity contribution is 7.92. The fourth-order valence-corrected chi connectivity index (χ4v) is 2.67. The number of anilines is 1. The van der Waals surface area contributed by atoms with Crippen LogP contribution in [0.2, 0.25) is 5.02 Å². The Hall–Kier alpha value is -1.66. The molecule has 0 unspecified atom stereocenters. The van der Waals surface area contributed by atoms with Gasteiger partial charge in [-0.15, -0.1) is 0 Å². The Morgan fingerprint density at radius 3 is 2.47 bits per heavy atom. The smallest absolute Gasteiger partial charge is 0.262 e. The third-order valence-corrected chi connectivity index (χ3v) is 3.88. The molecular formula is C12H8ClF2NO2S. The summed E-state index contributed by atoms with van der Waals surface area (Å²) < 4.78 is 52.3. The molecule has 0 spiro atoms. The first-order valence-corrected chi connectivity index (χ1v) is 6.98. The Kier molecular flexibility index (Phi) is 3.73. The van der Waals surface area contributed by atoms with Crippen molar-refractivity contribution in [1.29, 1.82) is 0 Å². The predicted molar refractivity (Wildman–Crippen MR) is 68.6 cm³/mol. The summed E-state index contributed by atoms with van der Waals surface area (Å²) in [6.07, 6.45) is 0. The summed E-state index contributed by atoms with van der Waals surface area (Å²) in [4.78, 5) is -0.299. The molecule has 0 saturated carbocycles. The van der Waals surface area contributed by atoms with Crippen LogP contribution < -0.4 is 4.72 Å². The van der Waals surface area contributed by atoms with Gasteiger partial charge in [0.15, 0.2) is 0 Å². The van der Waals surface area contributed by atoms with Crippen LogP contribution in [0.25, 0.3) is 0 Å². The first-order chi connectivity index (χ1) is 8.88. The van der Waals surface area contributed by atoms with Gasteiger partial charge in [0.2, 0.25) is 0 Å². The lowest BCUT2D eigenvalue weighted by molar-refractivity contribution is 0.593. The Bertz CT molecular complexity index is 719. The molecule has 1 N–H and O–H groups in total. The maximum absolute atomic E-state index is 13.4. The molecule has 0 bridgehead atoms. The van der Waals surface area contributed by atoms with E-state index in [2.05, 4.69) is 0 Å². The van der Waals surface area contributed by atoms with Crippen LogP contribution in [0.5, 0.6) is 0 Å². The van der Waals surface area contributed by atoms with Crippen molar-refractivity contribution in [3.05, 3.63) is 59.1 Å². The van der Waals surface area contributed by atoms with Gasteiger partial charge in [-0.3, -0.25) is 4.72 Å². The molecule has 7 heteroatoms. The number of hydrogen-bond acceptors (Lipinski definition) is 2. The monoisotopic (exact) mass is 303 g/mol. The lowest BCUT2D eigenvalue weighted by atomic mass is 10.3. The van der Waals surface area contributed by atoms with E-state index in [0.29, 0.717) is 0 Å². The number of sulfonamides is 1. The molecule has 3 nitrogen and oxygen atoms in total. The zero-order valence-electron chi connectivity index (χ0n) is 9.40. The van der Waals surface area contributed by atoms with Crippen LogP contribution >= 0.6 is 11.6 Å². The van der Waals surface area contributed by atoms with Gasteiger partial charge in [0, 0.05) is 5.02 Å². The van der Waals surface area contributed by atoms with Crippen molar-refractivity contribution >= 4 is 27.3 Å². The van der Waals surface area contributed by atoms with Gasteiger partial charge in [0.25, 0.3) is 10.0 Å². The van der Waals surface area contributed by atoms with Crippen molar-refractivity contribution in [2.45, 2.75) is 4.90 Å². The van der Waals surface area contributed by atoms with E-state index in [0.717, 1.165) is 24.3 Å². The van der Waals surface area contributed by atoms with Crippen LogP contribution in [0.15, 0.2) is 47.4 Å². The van der Waals surface area contributed by atoms with Gasteiger partial charge in [-0.25, -0.2) is 17.2 Å². The third kappa shape index (κ3) is 3.21. The van der Waals surface area contributed by atoms with Crippen molar-refractivity contribution in [2.24, 2.45) is 0 Å². The Morgan fingerprint density at radius 2 is 1.79 bits per heavy atom. The molecule has 0 aliphatic heterocycles. The third-order valence-electron chi connectivity index (χ3n) is 2.28. The molecule has 2 aromatic rings. The summed E-state index contributed by atoms with van der Waals surface area (Å²) in [5.41, 5.74) is -0.295. The van der Waals surface area contributed by atoms with Gasteiger partial charge in [-0.2, -0.15) is 0 Å². The minimum atomic E-state index is -4.06. The molecule has 100 valence electrons. The van der Waals surface area contributed by atoms with Gasteiger partial charge >= 0.3 is 0 Å². The lowest BCUT2D eigenvalue weighted by Crippen LogP contribution is -2.14. The van der Waals surface area contributed by atoms with E-state index in [9.17, 15) is 17.2 Å². The predicted octanol–water partition coefficient (Wildman–Crippen LogP) is 3.42. The topological polar surface area (TPSA) is 46.2 Å². The molecule has 0 aromatic heterocycles. The minimum Gasteiger partial charge on any atom is -0.277 e. The highest BCUT2D eigenvalue weighted by Crippen LogP contribution is 2.23. The maximum atomic E-state index is 13.4. The van der Waals surface area contributed by atoms with Crippen molar-refractivity contribution < 1.29 is 17.2 Å². The highest BCUT2D eigenvalue weighted by atomic mass is 35.5. The van der Waals surface area contributed by atoms with E-state index >= 15 is 0 Å². The number of benzene rings is 2. The van der Waals surface area contributed by atoms with Crippen LogP contribution in [0, 0.1) is 11.6 Å². The van der Waals surface area contributed by atoms with E-state index in [1.165, 1.54) is 18.2 Å². The fourth-order valence-electron chi connectivity index (χ4n) is 1.41. The van der Waals surface area contributed by atoms with Gasteiger partial charge in [-0.1, -0.05) is 17.7 Å². The van der Waals surface area contributed by atoms with Crippen molar-refractivity contribution in [1.82, 2.24) is 0 Å². The van der Waals surface area contributed by atoms with Crippen LogP contribution in [-0.2, 0) is 10.0 Å². The van der Waals surface area contributed by atoms with Gasteiger partial charge in [0.05, 0.1) is 10.6 Å². The zero-order chi connectivity index (χ0) is 14.0. The van der Waals surface area contributed by atoms with E-state index in [4.69, 9.17) is 11.6 Å². The van der Waals surface area contributed by atoms with Crippen LogP contribution in [0.1, 0.15) is 0 Å². The molecular weight excluding hydrogens is 296 g/mol. The summed E-state index contributed by atoms with van der Waals surface area (Å²) in [6.45, 7) is 0. The zero-order valence-corrected chi connectivity index (χ0v) is 11.0. The first-order valence-electron chi connectivity index (χ1n) is 5.12. The van der Waals surface area contributed by atoms with Crippen molar-refractivity contribution in [3.8, 4) is 0 Å². The van der Waals surface area contributed by atoms with E-state index < -0.39 is 21.7 Å². The fraction of sp³-hybridized carbons (Fsp3) is 0. The Morgan fingerprint density at radius 1 is 1.05 bits per heavy atom. The summed E-state index contributed by atoms with van der Waals surface area (Å²) in [7, 11) is -4.06. The van der Waals surface area contributed by atoms with E-state index in [1.54, 1.807) is 0 Å². The molecule has 0 fully saturated rings. The average Bonchev–Trinajstić information content (AvgIpc) is 2.33. The Balaban J connectivity index is 2.39. The molecule has 0 atom stereocenters. The first kappa shape index (κ1) is 13.8. The summed E-state index contributed by atoms with van der Waals surface area (Å²) in [6, 6.07) is 7.85. The number of nitrogens with one attached hydrogen (secondary N) is 1. The summed E-state index contributed by atoms with van der Waals surface area (Å²) in [5, 5.41) is 0.179. The van der Waals surface area contributed by atoms with Crippen LogP contribution in [-0.4, -0.2) is 8.42 Å². The molecule has 0 saturated heterocycles. The van der Waals surface area contributed by atoms with Crippen LogP contribution in [0.4, 0.5) is 14.5 Å². The molecule has 2 aromatic carbocycles. The Labute approximate surface area is 113 Å². The van der Waals surface area contributed by atoms with E-state index in [1.807, 2.05) is 4.72 Å². The van der Waals surface area contributed by atoms with Gasteiger partial charge in [-0.05, 0) is 36.4 Å². The second kappa shape index (κ2) is 5.14. The number of halogens is 3. The van der Waals surface area contributed by atoms with Crippen molar-refractivity contribution in [3.63, 3.8) is 0 Å². The molecule has 2 rings (SSSR count).